The van der Waals surface area contributed by atoms with Crippen LogP contribution >= 0.6 is 0 Å². The van der Waals surface area contributed by atoms with Gasteiger partial charge < -0.3 is 19.9 Å². The number of aromatic amines is 1. The van der Waals surface area contributed by atoms with E-state index in [1.54, 1.807) is 18.2 Å². The number of halogens is 3. The molecular weight excluding hydrogens is 423 g/mol. The van der Waals surface area contributed by atoms with E-state index in [-0.39, 0.29) is 17.0 Å². The van der Waals surface area contributed by atoms with Crippen LogP contribution in [0, 0.1) is 0 Å². The van der Waals surface area contributed by atoms with Crippen molar-refractivity contribution in [3.63, 3.8) is 0 Å². The number of carbonyl (C=O) groups excluding carboxylic acids is 1. The van der Waals surface area contributed by atoms with Crippen molar-refractivity contribution in [2.24, 2.45) is 0 Å². The minimum absolute atomic E-state index is 0.143. The number of nitrogens with one attached hydrogen (secondary N) is 2. The lowest BCUT2D eigenvalue weighted by Crippen LogP contribution is -2.27. The first-order chi connectivity index (χ1) is 15.2. The summed E-state index contributed by atoms with van der Waals surface area (Å²) in [7, 11) is 1.44. The van der Waals surface area contributed by atoms with E-state index in [1.807, 2.05) is 11.8 Å². The molecular formula is C23H22F3N3O3. The number of hydrogen-bond donors (Lipinski definition) is 2. The van der Waals surface area contributed by atoms with E-state index in [9.17, 15) is 22.8 Å². The zero-order valence-corrected chi connectivity index (χ0v) is 17.5. The van der Waals surface area contributed by atoms with Gasteiger partial charge >= 0.3 is 6.18 Å². The van der Waals surface area contributed by atoms with E-state index in [0.29, 0.717) is 23.5 Å². The van der Waals surface area contributed by atoms with E-state index >= 15 is 0 Å². The first-order valence-electron chi connectivity index (χ1n) is 10.2. The van der Waals surface area contributed by atoms with Crippen LogP contribution in [-0.2, 0) is 6.18 Å². The maximum Gasteiger partial charge on any atom is 0.418 e. The Hall–Kier alpha value is -3.49. The summed E-state index contributed by atoms with van der Waals surface area (Å²) >= 11 is 0. The highest BCUT2D eigenvalue weighted by molar-refractivity contribution is 6.06. The second-order valence-electron chi connectivity index (χ2n) is 7.81. The second kappa shape index (κ2) is 8.22. The van der Waals surface area contributed by atoms with Gasteiger partial charge in [0.15, 0.2) is 0 Å². The van der Waals surface area contributed by atoms with Crippen LogP contribution < -0.4 is 20.4 Å². The molecule has 2 aromatic carbocycles. The molecule has 9 heteroatoms. The van der Waals surface area contributed by atoms with Crippen molar-refractivity contribution in [1.82, 2.24) is 4.98 Å². The Balaban J connectivity index is 1.70. The number of rotatable bonds is 4. The van der Waals surface area contributed by atoms with Crippen LogP contribution in [0.4, 0.5) is 24.5 Å². The molecule has 168 valence electrons. The number of amides is 1. The summed E-state index contributed by atoms with van der Waals surface area (Å²) in [6, 6.07) is 8.73. The van der Waals surface area contributed by atoms with Crippen LogP contribution in [-0.4, -0.2) is 30.6 Å². The van der Waals surface area contributed by atoms with Gasteiger partial charge in [0.05, 0.1) is 18.4 Å². The molecule has 1 atom stereocenters. The van der Waals surface area contributed by atoms with E-state index in [1.165, 1.54) is 25.4 Å². The number of ether oxygens (including phenoxy) is 1. The number of aromatic nitrogens is 1. The number of benzene rings is 2. The summed E-state index contributed by atoms with van der Waals surface area (Å²) in [5.41, 5.74) is -1.32. The average Bonchev–Trinajstić information content (AvgIpc) is 3.19. The van der Waals surface area contributed by atoms with Gasteiger partial charge in [0.1, 0.15) is 11.3 Å². The molecule has 0 radical (unpaired) electrons. The van der Waals surface area contributed by atoms with Gasteiger partial charge in [-0.05, 0) is 56.2 Å². The summed E-state index contributed by atoms with van der Waals surface area (Å²) < 4.78 is 46.5. The molecule has 4 rings (SSSR count). The van der Waals surface area contributed by atoms with Gasteiger partial charge in [-0.3, -0.25) is 9.59 Å². The highest BCUT2D eigenvalue weighted by Gasteiger charge is 2.35. The summed E-state index contributed by atoms with van der Waals surface area (Å²) in [6.07, 6.45) is -1.66. The fraction of sp³-hybridized carbons (Fsp3) is 0.304. The van der Waals surface area contributed by atoms with Gasteiger partial charge in [-0.25, -0.2) is 0 Å². The zero-order chi connectivity index (χ0) is 23.0. The van der Waals surface area contributed by atoms with Gasteiger partial charge in [0, 0.05) is 35.4 Å². The Bertz CT molecular complexity index is 1240. The molecule has 0 unspecified atom stereocenters. The highest BCUT2D eigenvalue weighted by atomic mass is 19.4. The third kappa shape index (κ3) is 4.02. The molecule has 3 aromatic rings. The number of hydrogen-bond acceptors (Lipinski definition) is 4. The van der Waals surface area contributed by atoms with Crippen molar-refractivity contribution in [2.45, 2.75) is 32.0 Å². The molecule has 1 amide bonds. The quantitative estimate of drug-likeness (QED) is 0.605. The van der Waals surface area contributed by atoms with Crippen LogP contribution in [0.2, 0.25) is 0 Å². The molecule has 0 saturated carbocycles. The highest BCUT2D eigenvalue weighted by Crippen LogP contribution is 2.38. The Kier molecular flexibility index (Phi) is 5.58. The Morgan fingerprint density at radius 3 is 2.66 bits per heavy atom. The Morgan fingerprint density at radius 2 is 2.00 bits per heavy atom. The summed E-state index contributed by atoms with van der Waals surface area (Å²) in [5, 5.41) is 2.47. The Labute approximate surface area is 182 Å². The van der Waals surface area contributed by atoms with Gasteiger partial charge in [-0.15, -0.1) is 0 Å². The minimum Gasteiger partial charge on any atom is -0.497 e. The zero-order valence-electron chi connectivity index (χ0n) is 17.5. The van der Waals surface area contributed by atoms with Crippen molar-refractivity contribution < 1.29 is 22.7 Å². The SMILES string of the molecule is COc1ccc2[nH]cc(C(=O)Nc3ccc(N4CCC[C@@H]4C)cc3C(F)(F)F)c(=O)c2c1. The number of carbonyl (C=O) groups is 1. The van der Waals surface area contributed by atoms with Crippen LogP contribution in [0.3, 0.4) is 0 Å². The maximum atomic E-state index is 13.8. The van der Waals surface area contributed by atoms with Crippen LogP contribution in [0.1, 0.15) is 35.7 Å². The van der Waals surface area contributed by atoms with Crippen molar-refractivity contribution in [2.75, 3.05) is 23.9 Å². The molecule has 0 spiro atoms. The van der Waals surface area contributed by atoms with Crippen LogP contribution in [0.15, 0.2) is 47.4 Å². The van der Waals surface area contributed by atoms with Crippen molar-refractivity contribution in [3.8, 4) is 5.75 Å². The smallest absolute Gasteiger partial charge is 0.418 e. The second-order valence-corrected chi connectivity index (χ2v) is 7.81. The molecule has 1 fully saturated rings. The topological polar surface area (TPSA) is 74.4 Å². The number of fused-ring (bicyclic) bond motifs is 1. The summed E-state index contributed by atoms with van der Waals surface area (Å²) in [5.74, 6) is -0.504. The Morgan fingerprint density at radius 1 is 1.22 bits per heavy atom. The monoisotopic (exact) mass is 445 g/mol. The predicted octanol–water partition coefficient (Wildman–Crippen LogP) is 4.80. The first kappa shape index (κ1) is 21.7. The van der Waals surface area contributed by atoms with Gasteiger partial charge in [-0.2, -0.15) is 13.2 Å². The number of nitrogens with zero attached hydrogens (tertiary/aromatic N) is 1. The van der Waals surface area contributed by atoms with Crippen LogP contribution in [0.25, 0.3) is 10.9 Å². The summed E-state index contributed by atoms with van der Waals surface area (Å²) in [4.78, 5) is 30.3. The fourth-order valence-corrected chi connectivity index (χ4v) is 4.05. The largest absolute Gasteiger partial charge is 0.497 e. The molecule has 0 aliphatic carbocycles. The third-order valence-corrected chi connectivity index (χ3v) is 5.77. The number of H-pyrrole nitrogens is 1. The molecule has 1 aromatic heterocycles. The molecule has 1 aliphatic rings. The lowest BCUT2D eigenvalue weighted by Gasteiger charge is -2.25. The van der Waals surface area contributed by atoms with Gasteiger partial charge in [-0.1, -0.05) is 0 Å². The predicted molar refractivity (Wildman–Crippen MR) is 117 cm³/mol. The number of methoxy groups -OCH3 is 1. The average molecular weight is 445 g/mol. The van der Waals surface area contributed by atoms with Crippen molar-refractivity contribution >= 4 is 28.2 Å². The van der Waals surface area contributed by atoms with E-state index in [4.69, 9.17) is 4.74 Å². The summed E-state index contributed by atoms with van der Waals surface area (Å²) in [6.45, 7) is 2.65. The lowest BCUT2D eigenvalue weighted by atomic mass is 10.1. The third-order valence-electron chi connectivity index (χ3n) is 5.77. The number of anilines is 2. The normalized spacial score (nSPS) is 16.4. The number of alkyl halides is 3. The van der Waals surface area contributed by atoms with E-state index in [0.717, 1.165) is 18.9 Å². The minimum atomic E-state index is -4.68. The molecule has 1 saturated heterocycles. The van der Waals surface area contributed by atoms with Gasteiger partial charge in [0.25, 0.3) is 5.91 Å². The molecule has 1 aliphatic heterocycles. The molecule has 2 N–H and O–H groups in total. The van der Waals surface area contributed by atoms with E-state index < -0.39 is 28.8 Å². The van der Waals surface area contributed by atoms with Crippen molar-refractivity contribution in [1.29, 1.82) is 0 Å². The molecule has 0 bridgehead atoms. The van der Waals surface area contributed by atoms with Crippen LogP contribution in [0.5, 0.6) is 5.75 Å². The first-order valence-corrected chi connectivity index (χ1v) is 10.2. The lowest BCUT2D eigenvalue weighted by molar-refractivity contribution is -0.136. The molecule has 6 nitrogen and oxygen atoms in total. The molecule has 2 heterocycles. The van der Waals surface area contributed by atoms with Gasteiger partial charge in [0.2, 0.25) is 5.43 Å². The molecule has 32 heavy (non-hydrogen) atoms. The maximum absolute atomic E-state index is 13.8. The fourth-order valence-electron chi connectivity index (χ4n) is 4.05. The van der Waals surface area contributed by atoms with E-state index in [2.05, 4.69) is 10.3 Å². The van der Waals surface area contributed by atoms with Crippen molar-refractivity contribution in [3.05, 3.63) is 63.9 Å². The standard InChI is InChI=1S/C23H22F3N3O3/c1-13-4-3-9-29(13)14-5-7-20(18(10-14)23(24,25)26)28-22(31)17-12-27-19-8-6-15(32-2)11-16(19)21(17)30/h5-8,10-13H,3-4,9H2,1-2H3,(H,27,30)(H,28,31)/t13-/m0/s1. The number of pyridine rings is 1.